The van der Waals surface area contributed by atoms with Gasteiger partial charge >= 0.3 is 0 Å². The van der Waals surface area contributed by atoms with Gasteiger partial charge in [-0.2, -0.15) is 0 Å². The second-order valence-electron chi connectivity index (χ2n) is 7.16. The van der Waals surface area contributed by atoms with Gasteiger partial charge in [0, 0.05) is 11.1 Å². The van der Waals surface area contributed by atoms with Crippen LogP contribution in [0.2, 0.25) is 5.02 Å². The SMILES string of the molecule is COc1cc(Cl)c(C)cc1NC(=O)CN1C(=O)CC(c2ccc(Br)s2)=Nc2ccccc21. The van der Waals surface area contributed by atoms with E-state index in [9.17, 15) is 9.59 Å². The number of halogens is 2. The van der Waals surface area contributed by atoms with Crippen molar-refractivity contribution in [1.82, 2.24) is 0 Å². The van der Waals surface area contributed by atoms with Crippen LogP contribution in [0.1, 0.15) is 16.9 Å². The van der Waals surface area contributed by atoms with E-state index in [-0.39, 0.29) is 24.8 Å². The molecule has 2 heterocycles. The molecule has 0 fully saturated rings. The number of ether oxygens (including phenoxy) is 1. The normalized spacial score (nSPS) is 13.3. The number of amides is 2. The molecular formula is C23H19BrClN3O3S. The minimum Gasteiger partial charge on any atom is -0.495 e. The fourth-order valence-electron chi connectivity index (χ4n) is 3.39. The van der Waals surface area contributed by atoms with E-state index in [4.69, 9.17) is 21.3 Å². The van der Waals surface area contributed by atoms with E-state index in [1.165, 1.54) is 23.3 Å². The number of methoxy groups -OCH3 is 1. The number of fused-ring (bicyclic) bond motifs is 1. The molecule has 0 unspecified atom stereocenters. The molecule has 4 rings (SSSR count). The molecule has 32 heavy (non-hydrogen) atoms. The molecule has 1 aromatic heterocycles. The summed E-state index contributed by atoms with van der Waals surface area (Å²) in [4.78, 5) is 33.2. The highest BCUT2D eigenvalue weighted by molar-refractivity contribution is 9.11. The van der Waals surface area contributed by atoms with Crippen molar-refractivity contribution in [3.63, 3.8) is 0 Å². The number of nitrogens with one attached hydrogen (secondary N) is 1. The van der Waals surface area contributed by atoms with Gasteiger partial charge in [0.2, 0.25) is 11.8 Å². The van der Waals surface area contributed by atoms with Gasteiger partial charge in [0.05, 0.1) is 45.0 Å². The Bertz CT molecular complexity index is 1240. The lowest BCUT2D eigenvalue weighted by molar-refractivity contribution is -0.120. The first-order chi connectivity index (χ1) is 15.4. The zero-order valence-corrected chi connectivity index (χ0v) is 20.5. The van der Waals surface area contributed by atoms with Gasteiger partial charge in [0.25, 0.3) is 0 Å². The summed E-state index contributed by atoms with van der Waals surface area (Å²) in [7, 11) is 1.51. The smallest absolute Gasteiger partial charge is 0.244 e. The number of carbonyl (C=O) groups is 2. The summed E-state index contributed by atoms with van der Waals surface area (Å²) in [5, 5.41) is 3.38. The van der Waals surface area contributed by atoms with E-state index < -0.39 is 0 Å². The van der Waals surface area contributed by atoms with Gasteiger partial charge < -0.3 is 15.0 Å². The standard InChI is InChI=1S/C23H19BrClN3O3S/c1-13-9-16(19(31-2)10-14(13)25)27-22(29)12-28-18-6-4-3-5-15(18)26-17(11-23(28)30)20-7-8-21(24)32-20/h3-10H,11-12H2,1-2H3,(H,27,29). The third-order valence-electron chi connectivity index (χ3n) is 4.96. The Morgan fingerprint density at radius 2 is 2.06 bits per heavy atom. The van der Waals surface area contributed by atoms with Crippen molar-refractivity contribution < 1.29 is 14.3 Å². The first kappa shape index (κ1) is 22.5. The average Bonchev–Trinajstić information content (AvgIpc) is 3.15. The molecule has 1 N–H and O–H groups in total. The molecular weight excluding hydrogens is 514 g/mol. The maximum atomic E-state index is 13.2. The lowest BCUT2D eigenvalue weighted by atomic mass is 10.2. The van der Waals surface area contributed by atoms with Crippen LogP contribution in [0.25, 0.3) is 0 Å². The monoisotopic (exact) mass is 531 g/mol. The quantitative estimate of drug-likeness (QED) is 0.440. The maximum absolute atomic E-state index is 13.2. The Morgan fingerprint density at radius 1 is 1.28 bits per heavy atom. The number of anilines is 2. The van der Waals surface area contributed by atoms with Gasteiger partial charge in [0.1, 0.15) is 12.3 Å². The summed E-state index contributed by atoms with van der Waals surface area (Å²) < 4.78 is 6.30. The highest BCUT2D eigenvalue weighted by atomic mass is 79.9. The largest absolute Gasteiger partial charge is 0.495 e. The molecule has 0 bridgehead atoms. The third kappa shape index (κ3) is 4.72. The van der Waals surface area contributed by atoms with Gasteiger partial charge in [-0.3, -0.25) is 9.59 Å². The van der Waals surface area contributed by atoms with Gasteiger partial charge in [-0.15, -0.1) is 11.3 Å². The summed E-state index contributed by atoms with van der Waals surface area (Å²) in [6.07, 6.45) is 0.0955. The summed E-state index contributed by atoms with van der Waals surface area (Å²) >= 11 is 11.1. The Hall–Kier alpha value is -2.68. The van der Waals surface area contributed by atoms with Gasteiger partial charge in [-0.05, 0) is 58.7 Å². The van der Waals surface area contributed by atoms with Crippen molar-refractivity contribution in [2.45, 2.75) is 13.3 Å². The lowest BCUT2D eigenvalue weighted by Crippen LogP contribution is -2.38. The Kier molecular flexibility index (Phi) is 6.64. The van der Waals surface area contributed by atoms with Crippen molar-refractivity contribution in [3.05, 3.63) is 67.8 Å². The zero-order chi connectivity index (χ0) is 22.8. The molecule has 2 amide bonds. The summed E-state index contributed by atoms with van der Waals surface area (Å²) in [5.41, 5.74) is 3.22. The van der Waals surface area contributed by atoms with E-state index in [1.54, 1.807) is 18.2 Å². The predicted octanol–water partition coefficient (Wildman–Crippen LogP) is 5.98. The molecule has 2 aromatic carbocycles. The van der Waals surface area contributed by atoms with Crippen molar-refractivity contribution >= 4 is 73.5 Å². The lowest BCUT2D eigenvalue weighted by Gasteiger charge is -2.22. The van der Waals surface area contributed by atoms with Crippen LogP contribution >= 0.6 is 38.9 Å². The molecule has 164 valence electrons. The fourth-order valence-corrected chi connectivity index (χ4v) is 4.92. The van der Waals surface area contributed by atoms with E-state index in [2.05, 4.69) is 21.2 Å². The van der Waals surface area contributed by atoms with Crippen LogP contribution in [0.15, 0.2) is 57.3 Å². The fraction of sp³-hybridized carbons (Fsp3) is 0.174. The van der Waals surface area contributed by atoms with Gasteiger partial charge in [0.15, 0.2) is 0 Å². The molecule has 0 saturated heterocycles. The molecule has 0 saturated carbocycles. The third-order valence-corrected chi connectivity index (χ3v) is 7.04. The number of thiophene rings is 1. The van der Waals surface area contributed by atoms with E-state index in [1.807, 2.05) is 37.3 Å². The second-order valence-corrected chi connectivity index (χ2v) is 10.0. The number of aliphatic imine (C=N–C) groups is 1. The first-order valence-corrected chi connectivity index (χ1v) is 11.7. The molecule has 0 spiro atoms. The number of aryl methyl sites for hydroxylation is 1. The molecule has 6 nitrogen and oxygen atoms in total. The molecule has 0 atom stereocenters. The molecule has 0 radical (unpaired) electrons. The number of carbonyl (C=O) groups excluding carboxylic acids is 2. The predicted molar refractivity (Wildman–Crippen MR) is 133 cm³/mol. The second kappa shape index (κ2) is 9.44. The summed E-state index contributed by atoms with van der Waals surface area (Å²) in [6, 6.07) is 14.6. The Morgan fingerprint density at radius 3 is 2.78 bits per heavy atom. The minimum absolute atomic E-state index is 0.0955. The molecule has 1 aliphatic rings. The molecule has 0 aliphatic carbocycles. The van der Waals surface area contributed by atoms with Crippen molar-refractivity contribution in [2.75, 3.05) is 23.9 Å². The van der Waals surface area contributed by atoms with Crippen LogP contribution < -0.4 is 15.0 Å². The number of benzene rings is 2. The molecule has 9 heteroatoms. The van der Waals surface area contributed by atoms with Crippen LogP contribution in [0, 0.1) is 6.92 Å². The molecule has 3 aromatic rings. The van der Waals surface area contributed by atoms with Crippen LogP contribution in [0.5, 0.6) is 5.75 Å². The van der Waals surface area contributed by atoms with E-state index in [0.29, 0.717) is 33.5 Å². The summed E-state index contributed by atoms with van der Waals surface area (Å²) in [6.45, 7) is 1.69. The van der Waals surface area contributed by atoms with E-state index in [0.717, 1.165) is 14.2 Å². The van der Waals surface area contributed by atoms with Crippen molar-refractivity contribution in [1.29, 1.82) is 0 Å². The number of nitrogens with zero attached hydrogens (tertiary/aromatic N) is 2. The molecule has 1 aliphatic heterocycles. The number of para-hydroxylation sites is 2. The van der Waals surface area contributed by atoms with Crippen molar-refractivity contribution in [3.8, 4) is 5.75 Å². The number of hydrogen-bond acceptors (Lipinski definition) is 5. The van der Waals surface area contributed by atoms with Crippen molar-refractivity contribution in [2.24, 2.45) is 4.99 Å². The topological polar surface area (TPSA) is 71.0 Å². The Balaban J connectivity index is 1.61. The van der Waals surface area contributed by atoms with Gasteiger partial charge in [-0.1, -0.05) is 23.7 Å². The highest BCUT2D eigenvalue weighted by Crippen LogP contribution is 2.35. The maximum Gasteiger partial charge on any atom is 0.244 e. The van der Waals surface area contributed by atoms with Crippen LogP contribution in [-0.4, -0.2) is 31.2 Å². The number of hydrogen-bond donors (Lipinski definition) is 1. The Labute approximate surface area is 203 Å². The first-order valence-electron chi connectivity index (χ1n) is 9.72. The van der Waals surface area contributed by atoms with E-state index >= 15 is 0 Å². The van der Waals surface area contributed by atoms with Crippen LogP contribution in [0.3, 0.4) is 0 Å². The highest BCUT2D eigenvalue weighted by Gasteiger charge is 2.27. The minimum atomic E-state index is -0.351. The summed E-state index contributed by atoms with van der Waals surface area (Å²) in [5.74, 6) is -0.103. The average molecular weight is 533 g/mol. The number of rotatable bonds is 5. The van der Waals surface area contributed by atoms with Crippen LogP contribution in [0.4, 0.5) is 17.1 Å². The van der Waals surface area contributed by atoms with Gasteiger partial charge in [-0.25, -0.2) is 4.99 Å². The zero-order valence-electron chi connectivity index (χ0n) is 17.3. The van der Waals surface area contributed by atoms with Crippen LogP contribution in [-0.2, 0) is 9.59 Å².